The number of nitrogens with one attached hydrogen (secondary N) is 1. The van der Waals surface area contributed by atoms with Crippen molar-refractivity contribution in [2.24, 2.45) is 0 Å². The second-order valence-electron chi connectivity index (χ2n) is 5.95. The molecule has 0 fully saturated rings. The lowest BCUT2D eigenvalue weighted by atomic mass is 10.1. The predicted molar refractivity (Wildman–Crippen MR) is 92.8 cm³/mol. The van der Waals surface area contributed by atoms with Crippen molar-refractivity contribution in [2.45, 2.75) is 26.4 Å². The minimum Gasteiger partial charge on any atom is -0.306 e. The van der Waals surface area contributed by atoms with E-state index < -0.39 is 0 Å². The normalized spacial score (nSPS) is 14.5. The zero-order valence-electron chi connectivity index (χ0n) is 13.3. The van der Waals surface area contributed by atoms with Gasteiger partial charge in [0.2, 0.25) is 0 Å². The van der Waals surface area contributed by atoms with Crippen LogP contribution in [0.15, 0.2) is 35.0 Å². The number of rotatable bonds is 3. The summed E-state index contributed by atoms with van der Waals surface area (Å²) in [6.07, 6.45) is 5.56. The molecular formula is C17H17N5OS. The fraction of sp³-hybridized carbons (Fsp3) is 0.294. The Labute approximate surface area is 143 Å². The van der Waals surface area contributed by atoms with Crippen LogP contribution in [0.3, 0.4) is 0 Å². The first-order chi connectivity index (χ1) is 11.7. The average Bonchev–Trinajstić information content (AvgIpc) is 3.01. The number of H-pyrrole nitrogens is 1. The third-order valence-electron chi connectivity index (χ3n) is 4.32. The van der Waals surface area contributed by atoms with Crippen molar-refractivity contribution in [3.05, 3.63) is 62.2 Å². The van der Waals surface area contributed by atoms with Crippen molar-refractivity contribution < 1.29 is 0 Å². The minimum atomic E-state index is -0.0635. The Morgan fingerprint density at radius 1 is 1.33 bits per heavy atom. The van der Waals surface area contributed by atoms with E-state index in [1.807, 2.05) is 0 Å². The summed E-state index contributed by atoms with van der Waals surface area (Å²) in [5, 5.41) is 2.12. The van der Waals surface area contributed by atoms with Crippen molar-refractivity contribution in [2.75, 3.05) is 6.54 Å². The Balaban J connectivity index is 1.61. The molecule has 7 heteroatoms. The van der Waals surface area contributed by atoms with Gasteiger partial charge in [0.25, 0.3) is 5.56 Å². The van der Waals surface area contributed by atoms with Gasteiger partial charge in [-0.2, -0.15) is 0 Å². The summed E-state index contributed by atoms with van der Waals surface area (Å²) in [5.74, 6) is 0.543. The Kier molecular flexibility index (Phi) is 3.95. The van der Waals surface area contributed by atoms with Crippen molar-refractivity contribution in [3.63, 3.8) is 0 Å². The van der Waals surface area contributed by atoms with E-state index in [1.54, 1.807) is 23.7 Å². The highest BCUT2D eigenvalue weighted by molar-refractivity contribution is 7.10. The van der Waals surface area contributed by atoms with Gasteiger partial charge in [-0.1, -0.05) is 0 Å². The summed E-state index contributed by atoms with van der Waals surface area (Å²) in [6.45, 7) is 4.56. The number of aryl methyl sites for hydroxylation is 1. The van der Waals surface area contributed by atoms with E-state index in [4.69, 9.17) is 0 Å². The molecule has 122 valence electrons. The van der Waals surface area contributed by atoms with Crippen LogP contribution in [-0.4, -0.2) is 31.4 Å². The summed E-state index contributed by atoms with van der Waals surface area (Å²) in [6, 6.07) is 2.14. The van der Waals surface area contributed by atoms with Crippen LogP contribution < -0.4 is 5.56 Å². The first kappa shape index (κ1) is 15.2. The largest absolute Gasteiger partial charge is 0.306 e. The quantitative estimate of drug-likeness (QED) is 0.791. The van der Waals surface area contributed by atoms with Crippen LogP contribution >= 0.6 is 11.3 Å². The molecular weight excluding hydrogens is 322 g/mol. The molecule has 0 radical (unpaired) electrons. The molecule has 0 saturated carbocycles. The first-order valence-electron chi connectivity index (χ1n) is 7.83. The highest BCUT2D eigenvalue weighted by Gasteiger charge is 2.22. The number of fused-ring (bicyclic) bond motifs is 1. The van der Waals surface area contributed by atoms with E-state index in [1.165, 1.54) is 16.8 Å². The van der Waals surface area contributed by atoms with Gasteiger partial charge in [0.05, 0.1) is 16.8 Å². The Bertz CT molecular complexity index is 918. The van der Waals surface area contributed by atoms with Crippen molar-refractivity contribution >= 4 is 11.3 Å². The summed E-state index contributed by atoms with van der Waals surface area (Å²) in [7, 11) is 0. The van der Waals surface area contributed by atoms with E-state index in [-0.39, 0.29) is 5.56 Å². The summed E-state index contributed by atoms with van der Waals surface area (Å²) >= 11 is 1.77. The molecule has 4 heterocycles. The summed E-state index contributed by atoms with van der Waals surface area (Å²) < 4.78 is 0. The molecule has 0 aliphatic carbocycles. The van der Waals surface area contributed by atoms with Gasteiger partial charge in [0.1, 0.15) is 12.2 Å². The molecule has 4 rings (SSSR count). The van der Waals surface area contributed by atoms with Crippen LogP contribution in [0.5, 0.6) is 0 Å². The van der Waals surface area contributed by atoms with Gasteiger partial charge in [-0.15, -0.1) is 11.3 Å². The molecule has 1 aliphatic heterocycles. The van der Waals surface area contributed by atoms with Gasteiger partial charge in [-0.05, 0) is 23.9 Å². The smallest absolute Gasteiger partial charge is 0.255 e. The second-order valence-corrected chi connectivity index (χ2v) is 6.96. The minimum absolute atomic E-state index is 0.0635. The van der Waals surface area contributed by atoms with Crippen LogP contribution in [0.4, 0.5) is 0 Å². The maximum absolute atomic E-state index is 12.5. The van der Waals surface area contributed by atoms with Gasteiger partial charge >= 0.3 is 0 Å². The molecule has 0 saturated heterocycles. The monoisotopic (exact) mass is 339 g/mol. The van der Waals surface area contributed by atoms with Crippen LogP contribution in [0, 0.1) is 6.92 Å². The van der Waals surface area contributed by atoms with E-state index in [0.29, 0.717) is 12.4 Å². The lowest BCUT2D eigenvalue weighted by Crippen LogP contribution is -2.35. The molecule has 0 unspecified atom stereocenters. The fourth-order valence-corrected chi connectivity index (χ4v) is 3.89. The molecule has 3 aromatic rings. The maximum Gasteiger partial charge on any atom is 0.255 e. The predicted octanol–water partition coefficient (Wildman–Crippen LogP) is 2.16. The zero-order chi connectivity index (χ0) is 16.5. The SMILES string of the molecule is Cc1ccsc1CN1CCc2nc(-c3cncnc3)[nH]c(=O)c2C1. The number of aromatic nitrogens is 4. The van der Waals surface area contributed by atoms with Crippen molar-refractivity contribution in [1.29, 1.82) is 0 Å². The molecule has 1 N–H and O–H groups in total. The summed E-state index contributed by atoms with van der Waals surface area (Å²) in [4.78, 5) is 31.7. The average molecular weight is 339 g/mol. The van der Waals surface area contributed by atoms with Crippen LogP contribution in [0.1, 0.15) is 21.7 Å². The number of aromatic amines is 1. The molecule has 0 amide bonds. The van der Waals surface area contributed by atoms with Crippen LogP contribution in [-0.2, 0) is 19.5 Å². The standard InChI is InChI=1S/C17H17N5OS/c1-11-3-5-24-15(11)9-22-4-2-14-13(8-22)17(23)21-16(20-14)12-6-18-10-19-7-12/h3,5-7,10H,2,4,8-9H2,1H3,(H,20,21,23). The summed E-state index contributed by atoms with van der Waals surface area (Å²) in [5.41, 5.74) is 3.64. The molecule has 0 atom stereocenters. The van der Waals surface area contributed by atoms with Gasteiger partial charge in [0.15, 0.2) is 0 Å². The number of hydrogen-bond acceptors (Lipinski definition) is 6. The Morgan fingerprint density at radius 3 is 2.92 bits per heavy atom. The molecule has 0 spiro atoms. The number of nitrogens with zero attached hydrogens (tertiary/aromatic N) is 4. The molecule has 6 nitrogen and oxygen atoms in total. The third kappa shape index (κ3) is 2.88. The van der Waals surface area contributed by atoms with E-state index in [9.17, 15) is 4.79 Å². The van der Waals surface area contributed by atoms with Gasteiger partial charge in [-0.25, -0.2) is 15.0 Å². The molecule has 3 aromatic heterocycles. The first-order valence-corrected chi connectivity index (χ1v) is 8.71. The van der Waals surface area contributed by atoms with E-state index in [2.05, 4.69) is 43.2 Å². The van der Waals surface area contributed by atoms with Gasteiger partial charge < -0.3 is 4.98 Å². The lowest BCUT2D eigenvalue weighted by Gasteiger charge is -2.27. The number of thiophene rings is 1. The molecule has 24 heavy (non-hydrogen) atoms. The number of hydrogen-bond donors (Lipinski definition) is 1. The highest BCUT2D eigenvalue weighted by Crippen LogP contribution is 2.22. The topological polar surface area (TPSA) is 74.8 Å². The fourth-order valence-electron chi connectivity index (χ4n) is 2.94. The lowest BCUT2D eigenvalue weighted by molar-refractivity contribution is 0.243. The van der Waals surface area contributed by atoms with Crippen molar-refractivity contribution in [1.82, 2.24) is 24.8 Å². The maximum atomic E-state index is 12.5. The Hall–Kier alpha value is -2.38. The van der Waals surface area contributed by atoms with E-state index >= 15 is 0 Å². The van der Waals surface area contributed by atoms with Gasteiger partial charge in [-0.3, -0.25) is 9.69 Å². The Morgan fingerprint density at radius 2 is 2.17 bits per heavy atom. The molecule has 0 bridgehead atoms. The molecule has 1 aliphatic rings. The van der Waals surface area contributed by atoms with Crippen LogP contribution in [0.2, 0.25) is 0 Å². The molecule has 0 aromatic carbocycles. The van der Waals surface area contributed by atoms with Crippen molar-refractivity contribution in [3.8, 4) is 11.4 Å². The highest BCUT2D eigenvalue weighted by atomic mass is 32.1. The van der Waals surface area contributed by atoms with E-state index in [0.717, 1.165) is 36.3 Å². The second kappa shape index (κ2) is 6.26. The van der Waals surface area contributed by atoms with Crippen LogP contribution in [0.25, 0.3) is 11.4 Å². The van der Waals surface area contributed by atoms with Gasteiger partial charge in [0, 0.05) is 43.3 Å². The zero-order valence-corrected chi connectivity index (χ0v) is 14.1. The third-order valence-corrected chi connectivity index (χ3v) is 5.32.